The Morgan fingerprint density at radius 1 is 0.756 bits per heavy atom. The van der Waals surface area contributed by atoms with Crippen molar-refractivity contribution in [2.45, 2.75) is 20.3 Å². The van der Waals surface area contributed by atoms with Crippen LogP contribution in [0.15, 0.2) is 127 Å². The van der Waals surface area contributed by atoms with Crippen molar-refractivity contribution in [3.63, 3.8) is 0 Å². The fourth-order valence-electron chi connectivity index (χ4n) is 5.41. The molecule has 1 heterocycles. The number of hydrogen-bond donors (Lipinski definition) is 0. The summed E-state index contributed by atoms with van der Waals surface area (Å²) in [5.74, 6) is 0.642. The van der Waals surface area contributed by atoms with Gasteiger partial charge in [0.1, 0.15) is 0 Å². The van der Waals surface area contributed by atoms with E-state index in [0.717, 1.165) is 15.9 Å². The zero-order chi connectivity index (χ0) is 28.6. The van der Waals surface area contributed by atoms with E-state index in [1.165, 1.54) is 60.1 Å². The Balaban J connectivity index is 0.000000175. The Morgan fingerprint density at radius 2 is 1.39 bits per heavy atom. The molecular formula is C37H30Cl2SiZr. The predicted molar refractivity (Wildman–Crippen MR) is 176 cm³/mol. The first-order valence-electron chi connectivity index (χ1n) is 13.8. The average Bonchev–Trinajstić information content (AvgIpc) is 3.60. The van der Waals surface area contributed by atoms with Crippen LogP contribution in [0.2, 0.25) is 0 Å². The minimum absolute atomic E-state index is 0.642. The zero-order valence-corrected chi connectivity index (χ0v) is 28.1. The second-order valence-electron chi connectivity index (χ2n) is 10.4. The molecule has 0 N–H and O–H groups in total. The number of hydrogen-bond acceptors (Lipinski definition) is 0. The summed E-state index contributed by atoms with van der Waals surface area (Å²) in [6.07, 6.45) is 1.10. The van der Waals surface area contributed by atoms with Crippen LogP contribution in [-0.2, 0) is 27.3 Å². The molecule has 0 aliphatic carbocycles. The van der Waals surface area contributed by atoms with E-state index in [1.54, 1.807) is 0 Å². The Bertz CT molecular complexity index is 1660. The van der Waals surface area contributed by atoms with E-state index in [2.05, 4.69) is 141 Å². The van der Waals surface area contributed by atoms with Gasteiger partial charge < -0.3 is 0 Å². The molecule has 0 saturated heterocycles. The minimum atomic E-state index is -0.826. The minimum Gasteiger partial charge on any atom is -0.184 e. The maximum atomic E-state index is 4.93. The number of halogens is 2. The van der Waals surface area contributed by atoms with Gasteiger partial charge in [-0.3, -0.25) is 0 Å². The third-order valence-electron chi connectivity index (χ3n) is 7.11. The van der Waals surface area contributed by atoms with Gasteiger partial charge >= 0.3 is 37.9 Å². The Kier molecular flexibility index (Phi) is 10.6. The fourth-order valence-corrected chi connectivity index (χ4v) is 6.72. The molecule has 41 heavy (non-hydrogen) atoms. The van der Waals surface area contributed by atoms with Gasteiger partial charge in [0.05, 0.1) is 9.52 Å². The van der Waals surface area contributed by atoms with Crippen molar-refractivity contribution in [1.82, 2.24) is 0 Å². The molecule has 0 amide bonds. The van der Waals surface area contributed by atoms with Gasteiger partial charge in [0.2, 0.25) is 0 Å². The molecule has 0 bridgehead atoms. The number of fused-ring (bicyclic) bond motifs is 4. The first-order chi connectivity index (χ1) is 20.1. The monoisotopic (exact) mass is 662 g/mol. The summed E-state index contributed by atoms with van der Waals surface area (Å²) in [6.45, 7) is 4.58. The van der Waals surface area contributed by atoms with E-state index in [9.17, 15) is 0 Å². The molecule has 200 valence electrons. The third-order valence-corrected chi connectivity index (χ3v) is 8.48. The second kappa shape index (κ2) is 14.5. The largest absolute Gasteiger partial charge is 0.184 e. The third kappa shape index (κ3) is 7.25. The van der Waals surface area contributed by atoms with Gasteiger partial charge in [-0.2, -0.15) is 29.5 Å². The predicted octanol–water partition coefficient (Wildman–Crippen LogP) is 9.59. The van der Waals surface area contributed by atoms with Gasteiger partial charge in [-0.15, -0.1) is 40.1 Å². The van der Waals surface area contributed by atoms with Gasteiger partial charge in [0.25, 0.3) is 0 Å². The molecule has 1 aliphatic heterocycles. The molecule has 0 fully saturated rings. The van der Waals surface area contributed by atoms with Gasteiger partial charge in [0, 0.05) is 0 Å². The normalized spacial score (nSPS) is 11.0. The quantitative estimate of drug-likeness (QED) is 0.130. The Morgan fingerprint density at radius 3 is 2.10 bits per heavy atom. The maximum absolute atomic E-state index is 4.93. The van der Waals surface area contributed by atoms with E-state index in [4.69, 9.17) is 17.0 Å². The fraction of sp³-hybridized carbons (Fsp3) is 0.108. The van der Waals surface area contributed by atoms with Gasteiger partial charge in [-0.1, -0.05) is 127 Å². The summed E-state index contributed by atoms with van der Waals surface area (Å²) < 4.78 is 0. The average molecular weight is 665 g/mol. The van der Waals surface area contributed by atoms with Crippen LogP contribution in [0.3, 0.4) is 0 Å². The molecule has 0 nitrogen and oxygen atoms in total. The first kappa shape index (κ1) is 29.9. The standard InChI is InChI=1S/C25H23.C12H7Si.2ClH.Zr/c1-18(2)15-22-14-13-21-16-23(19-9-5-3-6-10-19)17-24(21)25(22)20-11-7-4-8-12-20;1-3-7-11-9(5-1)10-6-2-4-8-12(10)13-11;;;/h3-14,16-18H,15H2,1-2H3;1-7H;2*1H;/q2*-1;;;+4/p-2. The van der Waals surface area contributed by atoms with E-state index in [1.807, 2.05) is 6.07 Å². The molecular weight excluding hydrogens is 635 g/mol. The molecule has 0 saturated carbocycles. The van der Waals surface area contributed by atoms with E-state index in [0.29, 0.717) is 5.92 Å². The van der Waals surface area contributed by atoms with Crippen LogP contribution in [0.25, 0.3) is 44.2 Å². The van der Waals surface area contributed by atoms with Crippen molar-refractivity contribution in [3.8, 4) is 33.4 Å². The van der Waals surface area contributed by atoms with E-state index in [-0.39, 0.29) is 0 Å². The summed E-state index contributed by atoms with van der Waals surface area (Å²) in [7, 11) is 10.7. The molecule has 2 radical (unpaired) electrons. The van der Waals surface area contributed by atoms with Crippen LogP contribution in [0.5, 0.6) is 0 Å². The molecule has 6 aromatic carbocycles. The van der Waals surface area contributed by atoms with Gasteiger partial charge in [-0.25, -0.2) is 0 Å². The molecule has 4 heteroatoms. The molecule has 6 aromatic rings. The second-order valence-corrected chi connectivity index (χ2v) is 15.4. The Hall–Kier alpha value is -2.61. The first-order valence-corrected chi connectivity index (χ1v) is 21.1. The topological polar surface area (TPSA) is 0 Å². The van der Waals surface area contributed by atoms with E-state index < -0.39 is 20.8 Å². The molecule has 0 unspecified atom stereocenters. The van der Waals surface area contributed by atoms with Gasteiger partial charge in [0.15, 0.2) is 0 Å². The zero-order valence-electron chi connectivity index (χ0n) is 23.2. The van der Waals surface area contributed by atoms with Crippen LogP contribution in [0.4, 0.5) is 0 Å². The van der Waals surface area contributed by atoms with E-state index >= 15 is 0 Å². The smallest absolute Gasteiger partial charge is 0.0920 e. The number of rotatable bonds is 4. The van der Waals surface area contributed by atoms with Crippen LogP contribution >= 0.6 is 17.0 Å². The van der Waals surface area contributed by atoms with Crippen LogP contribution in [0, 0.1) is 12.0 Å². The van der Waals surface area contributed by atoms with Crippen molar-refractivity contribution < 1.29 is 20.8 Å². The molecule has 1 aliphatic rings. The Labute approximate surface area is 265 Å². The van der Waals surface area contributed by atoms with Gasteiger partial charge in [-0.05, 0) is 23.5 Å². The van der Waals surface area contributed by atoms with Crippen molar-refractivity contribution in [2.75, 3.05) is 0 Å². The molecule has 7 rings (SSSR count). The van der Waals surface area contributed by atoms with Crippen LogP contribution in [0.1, 0.15) is 19.4 Å². The summed E-state index contributed by atoms with van der Waals surface area (Å²) in [5, 5.41) is 5.51. The SMILES string of the molecule is CC(C)Cc1ccc2[cH-]c(-c3ccccc3)cc2c1-c1ccccc1.[Cl][Zr+2][Cl].[c-]1cccc2c1[Si]c1ccccc1-2. The van der Waals surface area contributed by atoms with Crippen LogP contribution < -0.4 is 10.4 Å². The van der Waals surface area contributed by atoms with Crippen molar-refractivity contribution in [1.29, 1.82) is 0 Å². The summed E-state index contributed by atoms with van der Waals surface area (Å²) >= 11 is -0.826. The summed E-state index contributed by atoms with van der Waals surface area (Å²) in [5.41, 5.74) is 9.50. The van der Waals surface area contributed by atoms with Crippen molar-refractivity contribution in [3.05, 3.63) is 139 Å². The van der Waals surface area contributed by atoms with Crippen molar-refractivity contribution >= 4 is 47.7 Å². The molecule has 0 aromatic heterocycles. The number of benzene rings is 5. The maximum Gasteiger partial charge on any atom is 0.0920 e. The van der Waals surface area contributed by atoms with Crippen molar-refractivity contribution in [2.24, 2.45) is 5.92 Å². The summed E-state index contributed by atoms with van der Waals surface area (Å²) in [6, 6.07) is 48.9. The van der Waals surface area contributed by atoms with Crippen LogP contribution in [-0.4, -0.2) is 9.52 Å². The summed E-state index contributed by atoms with van der Waals surface area (Å²) in [4.78, 5) is 0. The molecule has 0 spiro atoms. The molecule has 0 atom stereocenters.